The van der Waals surface area contributed by atoms with Gasteiger partial charge in [0.05, 0.1) is 36.1 Å². The van der Waals surface area contributed by atoms with Crippen molar-refractivity contribution in [3.8, 4) is 16.9 Å². The zero-order valence-corrected chi connectivity index (χ0v) is 40.0. The highest BCUT2D eigenvalue weighted by Crippen LogP contribution is 2.45. The number of phenols is 1. The fourth-order valence-electron chi connectivity index (χ4n) is 9.97. The molecule has 1 saturated carbocycles. The molecule has 6 atom stereocenters. The maximum atomic E-state index is 13.2. The molecule has 6 unspecified atom stereocenters. The predicted molar refractivity (Wildman–Crippen MR) is 266 cm³/mol. The van der Waals surface area contributed by atoms with Crippen molar-refractivity contribution in [3.63, 3.8) is 0 Å². The summed E-state index contributed by atoms with van der Waals surface area (Å²) in [5.41, 5.74) is 6.87. The second-order valence-electron chi connectivity index (χ2n) is 19.9. The third kappa shape index (κ3) is 10.9. The van der Waals surface area contributed by atoms with Crippen LogP contribution in [0.2, 0.25) is 0 Å². The van der Waals surface area contributed by atoms with Gasteiger partial charge in [-0.25, -0.2) is 4.79 Å². The summed E-state index contributed by atoms with van der Waals surface area (Å²) in [6.07, 6.45) is 6.43. The Morgan fingerprint density at radius 2 is 1.67 bits per heavy atom. The van der Waals surface area contributed by atoms with Gasteiger partial charge in [-0.2, -0.15) is 0 Å². The summed E-state index contributed by atoms with van der Waals surface area (Å²) in [5, 5.41) is 34.5. The number of aromatic hydroxyl groups is 1. The fraction of sp³-hybridized carbons (Fsp3) is 0.455. The Hall–Kier alpha value is -5.46. The van der Waals surface area contributed by atoms with Crippen LogP contribution in [0, 0.1) is 11.8 Å². The highest BCUT2D eigenvalue weighted by molar-refractivity contribution is 5.91. The van der Waals surface area contributed by atoms with Crippen LogP contribution in [0.15, 0.2) is 109 Å². The number of nitrogens with one attached hydrogen (secondary N) is 4. The molecule has 352 valence electrons. The smallest absolute Gasteiger partial charge is 0.411 e. The lowest BCUT2D eigenvalue weighted by atomic mass is 9.68. The highest BCUT2D eigenvalue weighted by Gasteiger charge is 2.43. The maximum absolute atomic E-state index is 13.2. The van der Waals surface area contributed by atoms with Gasteiger partial charge in [-0.1, -0.05) is 112 Å². The number of carbonyl (C=O) groups is 2. The van der Waals surface area contributed by atoms with Gasteiger partial charge in [0.25, 0.3) is 0 Å². The quantitative estimate of drug-likeness (QED) is 0.0479. The summed E-state index contributed by atoms with van der Waals surface area (Å²) >= 11 is 0. The van der Waals surface area contributed by atoms with Crippen LogP contribution in [-0.2, 0) is 25.1 Å². The monoisotopic (exact) mass is 898 g/mol. The van der Waals surface area contributed by atoms with E-state index in [4.69, 9.17) is 9.47 Å². The summed E-state index contributed by atoms with van der Waals surface area (Å²) in [5.74, 6) is 1.02. The van der Waals surface area contributed by atoms with Crippen LogP contribution in [0.1, 0.15) is 102 Å². The number of aliphatic hydroxyl groups is 1. The molecule has 3 aliphatic rings. The van der Waals surface area contributed by atoms with Crippen molar-refractivity contribution in [2.24, 2.45) is 11.8 Å². The first-order chi connectivity index (χ1) is 31.5. The molecular weight excluding hydrogens is 827 g/mol. The highest BCUT2D eigenvalue weighted by atomic mass is 16.6. The van der Waals surface area contributed by atoms with Crippen LogP contribution < -0.4 is 21.3 Å². The molecule has 66 heavy (non-hydrogen) atoms. The second kappa shape index (κ2) is 20.6. The topological polar surface area (TPSA) is 144 Å². The Labute approximate surface area is 392 Å². The fourth-order valence-corrected chi connectivity index (χ4v) is 9.97. The number of aliphatic hydroxyl groups excluding tert-OH is 1. The molecule has 2 heterocycles. The number of allylic oxidation sites excluding steroid dienone is 1. The number of ether oxygens (including phenoxy) is 2. The van der Waals surface area contributed by atoms with Gasteiger partial charge >= 0.3 is 6.09 Å². The van der Waals surface area contributed by atoms with Crippen molar-refractivity contribution in [3.05, 3.63) is 132 Å². The van der Waals surface area contributed by atoms with Crippen LogP contribution in [-0.4, -0.2) is 84.7 Å². The molecule has 6 N–H and O–H groups in total. The minimum Gasteiger partial charge on any atom is -0.506 e. The number of carbonyl (C=O) groups excluding carboxylic acids is 2. The van der Waals surface area contributed by atoms with Gasteiger partial charge in [0.2, 0.25) is 5.91 Å². The molecule has 2 fully saturated rings. The number of hydrogen-bond acceptors (Lipinski definition) is 9. The molecular formula is C55H71N5O6. The summed E-state index contributed by atoms with van der Waals surface area (Å²) in [4.78, 5) is 28.1. The number of hydrogen-bond donors (Lipinski definition) is 6. The van der Waals surface area contributed by atoms with Gasteiger partial charge in [-0.3, -0.25) is 10.1 Å². The van der Waals surface area contributed by atoms with E-state index in [2.05, 4.69) is 93.7 Å². The predicted octanol–water partition coefficient (Wildman–Crippen LogP) is 9.93. The van der Waals surface area contributed by atoms with Gasteiger partial charge < -0.3 is 40.5 Å². The lowest BCUT2D eigenvalue weighted by Crippen LogP contribution is -2.49. The minimum atomic E-state index is -0.799. The average molecular weight is 898 g/mol. The van der Waals surface area contributed by atoms with Gasteiger partial charge in [0.15, 0.2) is 0 Å². The third-order valence-electron chi connectivity index (χ3n) is 15.3. The van der Waals surface area contributed by atoms with Gasteiger partial charge in [-0.05, 0) is 105 Å². The average Bonchev–Trinajstić information content (AvgIpc) is 3.68. The molecule has 1 saturated heterocycles. The molecule has 0 aromatic heterocycles. The first-order valence-electron chi connectivity index (χ1n) is 23.7. The van der Waals surface area contributed by atoms with E-state index < -0.39 is 17.8 Å². The van der Waals surface area contributed by atoms with Crippen molar-refractivity contribution in [2.75, 3.05) is 50.5 Å². The molecule has 2 amide bonds. The van der Waals surface area contributed by atoms with Crippen LogP contribution >= 0.6 is 0 Å². The number of nitrogens with zero attached hydrogens (tertiary/aromatic N) is 1. The van der Waals surface area contributed by atoms with Gasteiger partial charge in [0.1, 0.15) is 11.9 Å². The summed E-state index contributed by atoms with van der Waals surface area (Å²) in [7, 11) is 1.79. The van der Waals surface area contributed by atoms with Crippen LogP contribution in [0.3, 0.4) is 0 Å². The number of rotatable bonds is 16. The molecule has 4 aromatic rings. The van der Waals surface area contributed by atoms with Crippen LogP contribution in [0.25, 0.3) is 17.2 Å². The number of likely N-dealkylation sites (N-methyl/N-ethyl adjacent to an activating group) is 1. The van der Waals surface area contributed by atoms with Crippen molar-refractivity contribution in [1.82, 2.24) is 15.5 Å². The van der Waals surface area contributed by atoms with Gasteiger partial charge in [0, 0.05) is 60.4 Å². The summed E-state index contributed by atoms with van der Waals surface area (Å²) < 4.78 is 12.6. The minimum absolute atomic E-state index is 0.00678. The Morgan fingerprint density at radius 3 is 2.42 bits per heavy atom. The second-order valence-corrected chi connectivity index (χ2v) is 19.9. The molecule has 11 nitrogen and oxygen atoms in total. The zero-order valence-electron chi connectivity index (χ0n) is 40.0. The Bertz CT molecular complexity index is 2360. The number of para-hydroxylation sites is 1. The molecule has 0 spiro atoms. The van der Waals surface area contributed by atoms with E-state index in [1.807, 2.05) is 66.7 Å². The van der Waals surface area contributed by atoms with E-state index in [0.29, 0.717) is 55.0 Å². The largest absolute Gasteiger partial charge is 0.506 e. The van der Waals surface area contributed by atoms with Crippen molar-refractivity contribution < 1.29 is 29.3 Å². The summed E-state index contributed by atoms with van der Waals surface area (Å²) in [6.45, 7) is 19.7. The molecule has 1 aliphatic carbocycles. The SMILES string of the molecule is C=C1C=Cc2c(C(O)CNCCN(C)C(=O)CCOC(C)(C)C(C)(C)c3ccc(C4(C)CCC5CC(OC(=O)Nc6ccccc6-c6ccccc6)CC5CNC4C)cc3)ccc(O)c2N1. The molecule has 0 bridgehead atoms. The molecule has 2 aliphatic heterocycles. The molecule has 4 aromatic carbocycles. The molecule has 11 heteroatoms. The number of amides is 2. The van der Waals surface area contributed by atoms with Crippen LogP contribution in [0.5, 0.6) is 5.75 Å². The number of phenolic OH excluding ortho intramolecular Hbond substituents is 1. The Balaban J connectivity index is 0.864. The molecule has 7 rings (SSSR count). The van der Waals surface area contributed by atoms with Crippen molar-refractivity contribution in [2.45, 2.75) is 108 Å². The first-order valence-corrected chi connectivity index (χ1v) is 23.7. The number of fused-ring (bicyclic) bond motifs is 2. The van der Waals surface area contributed by atoms with E-state index in [1.54, 1.807) is 24.1 Å². The first kappa shape index (κ1) is 48.5. The lowest BCUT2D eigenvalue weighted by Gasteiger charge is -2.43. The van der Waals surface area contributed by atoms with Crippen LogP contribution in [0.4, 0.5) is 16.2 Å². The Kier molecular flexibility index (Phi) is 15.1. The van der Waals surface area contributed by atoms with Crippen molar-refractivity contribution in [1.29, 1.82) is 0 Å². The standard InChI is InChI=1S/C55H71N5O6/c1-36-18-23-46-45(24-25-48(61)51(46)58-36)49(62)35-56-29-30-60(8)50(63)27-31-65-54(5,6)53(3,4)41-19-21-42(22-20-41)55(7)28-26-39-32-43(33-40(39)34-57-37(55)2)66-52(64)59-47-17-13-12-16-44(47)38-14-10-9-11-15-38/h9-25,37,39-40,43,49,56-58,61-62H,1,26-35H2,2-8H3,(H,59,64). The van der Waals surface area contributed by atoms with E-state index in [9.17, 15) is 19.8 Å². The van der Waals surface area contributed by atoms with E-state index in [0.717, 1.165) is 54.6 Å². The van der Waals surface area contributed by atoms with Gasteiger partial charge in [-0.15, -0.1) is 0 Å². The van der Waals surface area contributed by atoms with E-state index >= 15 is 0 Å². The Morgan fingerprint density at radius 1 is 0.955 bits per heavy atom. The van der Waals surface area contributed by atoms with Crippen molar-refractivity contribution >= 4 is 29.5 Å². The van der Waals surface area contributed by atoms with E-state index in [1.165, 1.54) is 11.1 Å². The zero-order chi connectivity index (χ0) is 47.2. The number of benzene rings is 4. The van der Waals surface area contributed by atoms with E-state index in [-0.39, 0.29) is 41.1 Å². The maximum Gasteiger partial charge on any atom is 0.411 e. The summed E-state index contributed by atoms with van der Waals surface area (Å²) in [6, 6.07) is 30.5. The number of anilines is 2. The third-order valence-corrected chi connectivity index (χ3v) is 15.3. The normalized spacial score (nSPS) is 22.3. The molecule has 0 radical (unpaired) electrons. The lowest BCUT2D eigenvalue weighted by molar-refractivity contribution is -0.133.